The number of hydrogen-bond donors (Lipinski definition) is 0. The average molecular weight is 470 g/mol. The number of aromatic nitrogens is 2. The lowest BCUT2D eigenvalue weighted by Gasteiger charge is -2.34. The van der Waals surface area contributed by atoms with Gasteiger partial charge in [0.25, 0.3) is 11.5 Å². The van der Waals surface area contributed by atoms with Gasteiger partial charge in [-0.3, -0.25) is 18.9 Å². The first-order valence-corrected chi connectivity index (χ1v) is 12.4. The molecule has 0 radical (unpaired) electrons. The van der Waals surface area contributed by atoms with Gasteiger partial charge in [-0.25, -0.2) is 4.98 Å². The van der Waals surface area contributed by atoms with Gasteiger partial charge < -0.3 is 9.80 Å². The van der Waals surface area contributed by atoms with E-state index in [-0.39, 0.29) is 17.5 Å². The number of rotatable bonds is 3. The zero-order valence-corrected chi connectivity index (χ0v) is 20.0. The molecule has 3 aliphatic rings. The van der Waals surface area contributed by atoms with E-state index in [0.717, 1.165) is 57.4 Å². The molecule has 0 atom stereocenters. The normalized spacial score (nSPS) is 22.1. The van der Waals surface area contributed by atoms with E-state index in [9.17, 15) is 9.59 Å². The number of thioether (sulfide) groups is 1. The molecule has 5 rings (SSSR count). The Bertz CT molecular complexity index is 1180. The van der Waals surface area contributed by atoms with Crippen LogP contribution < -0.4 is 10.5 Å². The fraction of sp³-hybridized carbons (Fsp3) is 0.478. The van der Waals surface area contributed by atoms with Crippen LogP contribution in [0.3, 0.4) is 0 Å². The standard InChI is InChI=1S/C23H27N5O2S2/c1-15-7-8-19-24-20(26-11-9-25(2)10-12-26)17(21(29)27(19)14-15)13-18-22(30)28(23(31)32-18)16-5-3-4-6-16/h7-8,13-14,16H,3-6,9-12H2,1-2H3/b18-13+. The molecule has 2 saturated heterocycles. The van der Waals surface area contributed by atoms with Crippen molar-refractivity contribution in [1.29, 1.82) is 0 Å². The number of thiocarbonyl (C=S) groups is 1. The van der Waals surface area contributed by atoms with Gasteiger partial charge in [0.05, 0.1) is 10.5 Å². The number of likely N-dealkylation sites (N-methyl/N-ethyl adjacent to an activating group) is 1. The summed E-state index contributed by atoms with van der Waals surface area (Å²) in [7, 11) is 2.10. The van der Waals surface area contributed by atoms with Gasteiger partial charge in [0, 0.05) is 38.4 Å². The predicted molar refractivity (Wildman–Crippen MR) is 133 cm³/mol. The molecule has 2 aromatic heterocycles. The number of carbonyl (C=O) groups is 1. The minimum Gasteiger partial charge on any atom is -0.353 e. The van der Waals surface area contributed by atoms with Gasteiger partial charge in [0.15, 0.2) is 0 Å². The Hall–Kier alpha value is -2.23. The average Bonchev–Trinajstić information content (AvgIpc) is 3.39. The lowest BCUT2D eigenvalue weighted by atomic mass is 10.2. The predicted octanol–water partition coefficient (Wildman–Crippen LogP) is 2.90. The van der Waals surface area contributed by atoms with Crippen molar-refractivity contribution in [3.05, 3.63) is 44.7 Å². The third-order valence-corrected chi connectivity index (χ3v) is 7.91. The van der Waals surface area contributed by atoms with Crippen molar-refractivity contribution in [3.8, 4) is 0 Å². The van der Waals surface area contributed by atoms with Crippen molar-refractivity contribution in [2.24, 2.45) is 0 Å². The van der Waals surface area contributed by atoms with Crippen LogP contribution in [0, 0.1) is 6.92 Å². The van der Waals surface area contributed by atoms with Crippen LogP contribution in [0.15, 0.2) is 28.0 Å². The molecule has 0 N–H and O–H groups in total. The number of amides is 1. The summed E-state index contributed by atoms with van der Waals surface area (Å²) in [4.78, 5) is 38.4. The van der Waals surface area contributed by atoms with E-state index < -0.39 is 0 Å². The van der Waals surface area contributed by atoms with Crippen LogP contribution in [-0.4, -0.2) is 68.7 Å². The number of fused-ring (bicyclic) bond motifs is 1. The molecule has 1 saturated carbocycles. The minimum absolute atomic E-state index is 0.0787. The van der Waals surface area contributed by atoms with Crippen LogP contribution in [0.4, 0.5) is 5.82 Å². The summed E-state index contributed by atoms with van der Waals surface area (Å²) in [5.41, 5.74) is 1.90. The summed E-state index contributed by atoms with van der Waals surface area (Å²) in [5, 5.41) is 0. The lowest BCUT2D eigenvalue weighted by molar-refractivity contribution is -0.123. The lowest BCUT2D eigenvalue weighted by Crippen LogP contribution is -2.45. The maximum absolute atomic E-state index is 13.6. The van der Waals surface area contributed by atoms with E-state index in [1.165, 1.54) is 11.8 Å². The summed E-state index contributed by atoms with van der Waals surface area (Å²) >= 11 is 6.86. The third-order valence-electron chi connectivity index (χ3n) is 6.58. The summed E-state index contributed by atoms with van der Waals surface area (Å²) in [6, 6.07) is 4.02. The molecular formula is C23H27N5O2S2. The molecule has 1 amide bonds. The highest BCUT2D eigenvalue weighted by Crippen LogP contribution is 2.38. The quantitative estimate of drug-likeness (QED) is 0.506. The van der Waals surface area contributed by atoms with E-state index in [2.05, 4.69) is 16.8 Å². The van der Waals surface area contributed by atoms with Crippen molar-refractivity contribution in [1.82, 2.24) is 19.2 Å². The van der Waals surface area contributed by atoms with E-state index in [4.69, 9.17) is 17.2 Å². The summed E-state index contributed by atoms with van der Waals surface area (Å²) in [6.07, 6.45) is 7.77. The first-order chi connectivity index (χ1) is 15.4. The Morgan fingerprint density at radius 2 is 1.84 bits per heavy atom. The topological polar surface area (TPSA) is 61.2 Å². The number of aryl methyl sites for hydroxylation is 1. The molecule has 0 unspecified atom stereocenters. The molecule has 0 spiro atoms. The number of pyridine rings is 1. The molecule has 32 heavy (non-hydrogen) atoms. The van der Waals surface area contributed by atoms with Crippen molar-refractivity contribution in [2.75, 3.05) is 38.1 Å². The fourth-order valence-electron chi connectivity index (χ4n) is 4.72. The highest BCUT2D eigenvalue weighted by atomic mass is 32.2. The Balaban J connectivity index is 1.61. The minimum atomic E-state index is -0.154. The van der Waals surface area contributed by atoms with Crippen LogP contribution in [-0.2, 0) is 4.79 Å². The van der Waals surface area contributed by atoms with E-state index in [0.29, 0.717) is 26.3 Å². The highest BCUT2D eigenvalue weighted by molar-refractivity contribution is 8.26. The molecule has 4 heterocycles. The van der Waals surface area contributed by atoms with E-state index >= 15 is 0 Å². The highest BCUT2D eigenvalue weighted by Gasteiger charge is 2.38. The Kier molecular flexibility index (Phi) is 5.81. The first-order valence-electron chi connectivity index (χ1n) is 11.2. The van der Waals surface area contributed by atoms with Crippen molar-refractivity contribution < 1.29 is 4.79 Å². The van der Waals surface area contributed by atoms with Crippen LogP contribution >= 0.6 is 24.0 Å². The Labute approximate surface area is 197 Å². The van der Waals surface area contributed by atoms with Gasteiger partial charge in [-0.05, 0) is 44.5 Å². The molecule has 7 nitrogen and oxygen atoms in total. The van der Waals surface area contributed by atoms with Crippen molar-refractivity contribution >= 4 is 51.7 Å². The van der Waals surface area contributed by atoms with Crippen LogP contribution in [0.1, 0.15) is 36.8 Å². The van der Waals surface area contributed by atoms with Crippen LogP contribution in [0.2, 0.25) is 0 Å². The van der Waals surface area contributed by atoms with E-state index in [1.54, 1.807) is 21.6 Å². The van der Waals surface area contributed by atoms with E-state index in [1.807, 2.05) is 19.1 Å². The molecule has 9 heteroatoms. The molecule has 0 aromatic carbocycles. The van der Waals surface area contributed by atoms with Gasteiger partial charge in [-0.15, -0.1) is 0 Å². The number of piperazine rings is 1. The summed E-state index contributed by atoms with van der Waals surface area (Å²) in [6.45, 7) is 5.33. The van der Waals surface area contributed by atoms with Crippen molar-refractivity contribution in [3.63, 3.8) is 0 Å². The van der Waals surface area contributed by atoms with Gasteiger partial charge in [-0.2, -0.15) is 0 Å². The second-order valence-electron chi connectivity index (χ2n) is 8.87. The monoisotopic (exact) mass is 469 g/mol. The number of hydrogen-bond acceptors (Lipinski definition) is 7. The van der Waals surface area contributed by atoms with Crippen LogP contribution in [0.5, 0.6) is 0 Å². The Morgan fingerprint density at radius 1 is 1.12 bits per heavy atom. The SMILES string of the molecule is Cc1ccc2nc(N3CCN(C)CC3)c(/C=C3/SC(=S)N(C4CCCC4)C3=O)c(=O)n2c1. The largest absolute Gasteiger partial charge is 0.353 e. The zero-order chi connectivity index (χ0) is 22.4. The maximum Gasteiger partial charge on any atom is 0.267 e. The van der Waals surface area contributed by atoms with Gasteiger partial charge in [0.1, 0.15) is 15.8 Å². The van der Waals surface area contributed by atoms with Gasteiger partial charge in [-0.1, -0.05) is 42.9 Å². The molecular weight excluding hydrogens is 442 g/mol. The third kappa shape index (κ3) is 3.86. The molecule has 3 fully saturated rings. The number of nitrogens with zero attached hydrogens (tertiary/aromatic N) is 5. The molecule has 1 aliphatic carbocycles. The molecule has 2 aromatic rings. The Morgan fingerprint density at radius 3 is 2.56 bits per heavy atom. The molecule has 168 valence electrons. The first kappa shape index (κ1) is 21.6. The molecule has 0 bridgehead atoms. The van der Waals surface area contributed by atoms with Gasteiger partial charge >= 0.3 is 0 Å². The number of anilines is 1. The summed E-state index contributed by atoms with van der Waals surface area (Å²) in [5.74, 6) is 0.572. The van der Waals surface area contributed by atoms with Crippen LogP contribution in [0.25, 0.3) is 11.7 Å². The van der Waals surface area contributed by atoms with Crippen molar-refractivity contribution in [2.45, 2.75) is 38.6 Å². The van der Waals surface area contributed by atoms with Gasteiger partial charge in [0.2, 0.25) is 0 Å². The maximum atomic E-state index is 13.6. The second kappa shape index (κ2) is 8.61. The second-order valence-corrected chi connectivity index (χ2v) is 10.5. The summed E-state index contributed by atoms with van der Waals surface area (Å²) < 4.78 is 2.18. The zero-order valence-electron chi connectivity index (χ0n) is 18.4. The smallest absolute Gasteiger partial charge is 0.267 e. The number of carbonyl (C=O) groups excluding carboxylic acids is 1. The fourth-order valence-corrected chi connectivity index (χ4v) is 6.10. The molecule has 2 aliphatic heterocycles.